The van der Waals surface area contributed by atoms with Crippen molar-refractivity contribution in [1.82, 2.24) is 0 Å². The number of halogens is 2. The van der Waals surface area contributed by atoms with E-state index in [0.29, 0.717) is 11.3 Å². The zero-order valence-electron chi connectivity index (χ0n) is 29.0. The quantitative estimate of drug-likeness (QED) is 0.230. The molecule has 0 amide bonds. The first-order valence-corrected chi connectivity index (χ1v) is 16.7. The van der Waals surface area contributed by atoms with Crippen LogP contribution in [0.3, 0.4) is 0 Å². The van der Waals surface area contributed by atoms with Gasteiger partial charge in [-0.3, -0.25) is 6.08 Å². The number of hydrogen-bond acceptors (Lipinski definition) is 0. The number of hydrogen-bond donors (Lipinski definition) is 0. The molecule has 4 aromatic rings. The Morgan fingerprint density at radius 2 is 1.18 bits per heavy atom. The van der Waals surface area contributed by atoms with E-state index < -0.39 is 0 Å². The van der Waals surface area contributed by atoms with Gasteiger partial charge in [0.25, 0.3) is 0 Å². The van der Waals surface area contributed by atoms with Crippen molar-refractivity contribution in [3.63, 3.8) is 0 Å². The van der Waals surface area contributed by atoms with Crippen LogP contribution in [-0.4, -0.2) is 3.21 Å². The molecule has 5 rings (SSSR count). The van der Waals surface area contributed by atoms with Gasteiger partial charge in [0.05, 0.1) is 0 Å². The average Bonchev–Trinajstić information content (AvgIpc) is 3.48. The Morgan fingerprint density at radius 3 is 1.50 bits per heavy atom. The van der Waals surface area contributed by atoms with Crippen molar-refractivity contribution in [3.05, 3.63) is 113 Å². The summed E-state index contributed by atoms with van der Waals surface area (Å²) in [5.41, 5.74) is 7.80. The van der Waals surface area contributed by atoms with Crippen LogP contribution in [0.4, 0.5) is 0 Å². The largest absolute Gasteiger partial charge is 1.00 e. The Bertz CT molecular complexity index is 1510. The predicted octanol–water partition coefficient (Wildman–Crippen LogP) is 5.84. The van der Waals surface area contributed by atoms with Crippen molar-refractivity contribution in [3.8, 4) is 0 Å². The molecular formula is C41H52Cl2Zr-2. The number of benzene rings is 3. The molecule has 0 N–H and O–H groups in total. The topological polar surface area (TPSA) is 0 Å². The van der Waals surface area contributed by atoms with Crippen molar-refractivity contribution in [2.75, 3.05) is 0 Å². The van der Waals surface area contributed by atoms with Crippen LogP contribution in [0, 0.1) is 17.4 Å². The smallest absolute Gasteiger partial charge is 1.00 e. The van der Waals surface area contributed by atoms with E-state index in [4.69, 9.17) is 0 Å². The maximum absolute atomic E-state index is 3.48. The maximum atomic E-state index is 3.48. The summed E-state index contributed by atoms with van der Waals surface area (Å²) in [6, 6.07) is 26.7. The fourth-order valence-corrected chi connectivity index (χ4v) is 5.79. The second kappa shape index (κ2) is 16.3. The Morgan fingerprint density at radius 1 is 0.727 bits per heavy atom. The second-order valence-corrected chi connectivity index (χ2v) is 16.7. The summed E-state index contributed by atoms with van der Waals surface area (Å²) >= 11 is 1.51. The first-order chi connectivity index (χ1) is 19.4. The van der Waals surface area contributed by atoms with Gasteiger partial charge < -0.3 is 24.8 Å². The zero-order chi connectivity index (χ0) is 31.5. The predicted molar refractivity (Wildman–Crippen MR) is 184 cm³/mol. The van der Waals surface area contributed by atoms with Crippen LogP contribution in [0.5, 0.6) is 0 Å². The van der Waals surface area contributed by atoms with E-state index in [2.05, 4.69) is 162 Å². The standard InChI is InChI=1S/C21H25.C12H19.C8H8.2ClH.Zr/c1-20(2,3)16-7-9-18-14(12-16)11-15-13-17(21(4,5)6)8-10-19(15)18;1-6-10-7-9(2)8-11(10)12(3,4)5;1-2-8-6-4-3-5-7-8;;;/h7-13H,1-6H3;8-9H,6H2,1-5H3;3-7H,1H3;2*1H;/q2*-1;;;;+2/p-2. The Labute approximate surface area is 296 Å². The molecule has 4 aromatic carbocycles. The van der Waals surface area contributed by atoms with Gasteiger partial charge in [0.1, 0.15) is 0 Å². The molecule has 0 bridgehead atoms. The normalized spacial score (nSPS) is 14.7. The van der Waals surface area contributed by atoms with Crippen LogP contribution in [-0.2, 0) is 35.1 Å². The van der Waals surface area contributed by atoms with Crippen LogP contribution >= 0.6 is 0 Å². The molecular weight excluding hydrogens is 655 g/mol. The van der Waals surface area contributed by atoms with Crippen molar-refractivity contribution in [1.29, 1.82) is 0 Å². The molecule has 0 fully saturated rings. The van der Waals surface area contributed by atoms with E-state index in [1.807, 2.05) is 6.07 Å². The molecule has 236 valence electrons. The summed E-state index contributed by atoms with van der Waals surface area (Å²) in [6.07, 6.45) is 6.95. The molecule has 0 radical (unpaired) electrons. The van der Waals surface area contributed by atoms with Gasteiger partial charge in [-0.25, -0.2) is 5.57 Å². The molecule has 0 saturated carbocycles. The summed E-state index contributed by atoms with van der Waals surface area (Å²) in [6.45, 7) is 27.0. The maximum Gasteiger partial charge on any atom is -1.00 e. The molecule has 44 heavy (non-hydrogen) atoms. The molecule has 3 heteroatoms. The third kappa shape index (κ3) is 10.7. The minimum atomic E-state index is 0. The van der Waals surface area contributed by atoms with Crippen LogP contribution in [0.2, 0.25) is 0 Å². The van der Waals surface area contributed by atoms with Gasteiger partial charge in [-0.15, -0.1) is 39.7 Å². The fraction of sp³-hybridized carbons (Fsp3) is 0.415. The number of rotatable bonds is 2. The summed E-state index contributed by atoms with van der Waals surface area (Å²) in [5, 5.41) is 5.48. The van der Waals surface area contributed by atoms with Crippen LogP contribution in [0.15, 0.2) is 90.0 Å². The number of fused-ring (bicyclic) bond motifs is 3. The molecule has 0 spiro atoms. The van der Waals surface area contributed by atoms with Gasteiger partial charge in [0, 0.05) is 0 Å². The summed E-state index contributed by atoms with van der Waals surface area (Å²) in [7, 11) is 0. The monoisotopic (exact) mass is 704 g/mol. The van der Waals surface area contributed by atoms with Crippen LogP contribution < -0.4 is 24.8 Å². The minimum absolute atomic E-state index is 0. The zero-order valence-corrected chi connectivity index (χ0v) is 33.0. The van der Waals surface area contributed by atoms with Crippen molar-refractivity contribution in [2.45, 2.75) is 100 Å². The van der Waals surface area contributed by atoms with E-state index in [-0.39, 0.29) is 35.6 Å². The SMILES string of the molecule is CC(C)(C)c1ccc2c(c1)[cH-]c1cc(C(C)(C)C)ccc12.CCC1=[C-]C(C)C=C1C(C)(C)C.C[C](=[Zr+2])c1ccccc1.[Cl-].[Cl-]. The van der Waals surface area contributed by atoms with Gasteiger partial charge in [-0.05, 0) is 10.8 Å². The summed E-state index contributed by atoms with van der Waals surface area (Å²) in [4.78, 5) is 0. The molecule has 0 nitrogen and oxygen atoms in total. The third-order valence-electron chi connectivity index (χ3n) is 7.95. The number of allylic oxidation sites excluding steroid dienone is 4. The second-order valence-electron chi connectivity index (χ2n) is 14.8. The summed E-state index contributed by atoms with van der Waals surface area (Å²) in [5.74, 6) is 0.522. The van der Waals surface area contributed by atoms with Gasteiger partial charge in [0.15, 0.2) is 0 Å². The van der Waals surface area contributed by atoms with Gasteiger partial charge in [-0.2, -0.15) is 11.6 Å². The van der Waals surface area contributed by atoms with Gasteiger partial charge >= 0.3 is 70.3 Å². The van der Waals surface area contributed by atoms with Crippen LogP contribution in [0.25, 0.3) is 21.5 Å². The van der Waals surface area contributed by atoms with Crippen molar-refractivity contribution in [2.24, 2.45) is 11.3 Å². The van der Waals surface area contributed by atoms with Crippen LogP contribution in [0.1, 0.15) is 106 Å². The molecule has 1 aliphatic carbocycles. The Hall–Kier alpha value is -1.66. The fourth-order valence-electron chi connectivity index (χ4n) is 5.38. The molecule has 1 atom stereocenters. The van der Waals surface area contributed by atoms with E-state index in [9.17, 15) is 0 Å². The van der Waals surface area contributed by atoms with Crippen molar-refractivity contribution < 1.29 is 49.0 Å². The molecule has 0 aromatic heterocycles. The third-order valence-corrected chi connectivity index (χ3v) is 8.66. The first-order valence-electron chi connectivity index (χ1n) is 15.5. The average molecular weight is 707 g/mol. The van der Waals surface area contributed by atoms with E-state index in [0.717, 1.165) is 6.42 Å². The molecule has 1 unspecified atom stereocenters. The van der Waals surface area contributed by atoms with Gasteiger partial charge in [-0.1, -0.05) is 129 Å². The molecule has 1 aliphatic rings. The van der Waals surface area contributed by atoms with E-state index in [1.165, 1.54) is 76.8 Å². The summed E-state index contributed by atoms with van der Waals surface area (Å²) < 4.78 is 1.46. The first kappa shape index (κ1) is 40.4. The van der Waals surface area contributed by atoms with Crippen molar-refractivity contribution >= 4 is 24.8 Å². The molecule has 0 aliphatic heterocycles. The Balaban J connectivity index is 0.000000359. The van der Waals surface area contributed by atoms with E-state index in [1.54, 1.807) is 0 Å². The Kier molecular flexibility index (Phi) is 14.9. The van der Waals surface area contributed by atoms with E-state index >= 15 is 0 Å². The molecule has 0 heterocycles. The minimum Gasteiger partial charge on any atom is -1.00 e. The molecule has 0 saturated heterocycles. The van der Waals surface area contributed by atoms with Gasteiger partial charge in [0.2, 0.25) is 0 Å².